The van der Waals surface area contributed by atoms with Crippen LogP contribution < -0.4 is 4.74 Å². The second-order valence-corrected chi connectivity index (χ2v) is 5.23. The van der Waals surface area contributed by atoms with Gasteiger partial charge >= 0.3 is 5.97 Å². The predicted octanol–water partition coefficient (Wildman–Crippen LogP) is 4.58. The fourth-order valence-corrected chi connectivity index (χ4v) is 2.11. The van der Waals surface area contributed by atoms with Gasteiger partial charge in [0.25, 0.3) is 0 Å². The number of carbonyl (C=O) groups is 1. The summed E-state index contributed by atoms with van der Waals surface area (Å²) in [5.74, 6) is 0.614. The maximum atomic E-state index is 11.4. The summed E-state index contributed by atoms with van der Waals surface area (Å²) in [7, 11) is 0. The molecule has 2 aromatic carbocycles. The monoisotopic (exact) mass is 296 g/mol. The molecule has 2 rings (SSSR count). The predicted molar refractivity (Wildman–Crippen MR) is 88.8 cm³/mol. The highest BCUT2D eigenvalue weighted by atomic mass is 16.5. The molecule has 1 N–H and O–H groups in total. The molecular formula is C19H20O3. The van der Waals surface area contributed by atoms with Crippen molar-refractivity contribution >= 4 is 18.1 Å². The van der Waals surface area contributed by atoms with Gasteiger partial charge < -0.3 is 9.84 Å². The number of hydrogen-bond donors (Lipinski definition) is 1. The van der Waals surface area contributed by atoms with Crippen molar-refractivity contribution in [1.82, 2.24) is 0 Å². The van der Waals surface area contributed by atoms with Gasteiger partial charge in [0.05, 0.1) is 0 Å². The topological polar surface area (TPSA) is 46.5 Å². The zero-order valence-corrected chi connectivity index (χ0v) is 12.9. The summed E-state index contributed by atoms with van der Waals surface area (Å²) in [5.41, 5.74) is 2.95. The van der Waals surface area contributed by atoms with E-state index in [0.29, 0.717) is 12.2 Å². The minimum atomic E-state index is -0.207. The van der Waals surface area contributed by atoms with Gasteiger partial charge in [-0.15, -0.1) is 0 Å². The third kappa shape index (κ3) is 4.77. The molecule has 0 saturated carbocycles. The van der Waals surface area contributed by atoms with Crippen molar-refractivity contribution in [3.63, 3.8) is 0 Å². The van der Waals surface area contributed by atoms with E-state index in [1.165, 1.54) is 0 Å². The number of phenolic OH excluding ortho intramolecular Hbond substituents is 1. The van der Waals surface area contributed by atoms with Gasteiger partial charge in [-0.25, -0.2) is 0 Å². The first-order chi connectivity index (χ1) is 10.6. The molecule has 0 radical (unpaired) electrons. The van der Waals surface area contributed by atoms with Crippen molar-refractivity contribution in [3.05, 3.63) is 59.2 Å². The zero-order chi connectivity index (χ0) is 15.9. The molecule has 0 atom stereocenters. The van der Waals surface area contributed by atoms with Gasteiger partial charge in [-0.1, -0.05) is 37.3 Å². The average Bonchev–Trinajstić information content (AvgIpc) is 2.46. The number of carbonyl (C=O) groups excluding carboxylic acids is 1. The number of esters is 1. The Kier molecular flexibility index (Phi) is 5.37. The van der Waals surface area contributed by atoms with E-state index in [-0.39, 0.29) is 11.7 Å². The summed E-state index contributed by atoms with van der Waals surface area (Å²) in [6.07, 6.45) is 5.10. The molecule has 0 bridgehead atoms. The van der Waals surface area contributed by atoms with Crippen LogP contribution in [-0.4, -0.2) is 11.1 Å². The number of ether oxygens (including phenoxy) is 1. The van der Waals surface area contributed by atoms with Crippen LogP contribution in [0, 0.1) is 6.92 Å². The van der Waals surface area contributed by atoms with Gasteiger partial charge in [-0.2, -0.15) is 0 Å². The summed E-state index contributed by atoms with van der Waals surface area (Å²) >= 11 is 0. The first-order valence-electron chi connectivity index (χ1n) is 7.36. The Hall–Kier alpha value is -2.55. The standard InChI is InChI=1S/C19H20O3/c1-3-4-19(21)22-18-9-7-15(8-10-18)5-6-16-11-14(2)12-17(20)13-16/h5-13,20H,3-4H2,1-2H3/b6-5+. The minimum absolute atomic E-state index is 0.207. The van der Waals surface area contributed by atoms with E-state index in [1.54, 1.807) is 24.3 Å². The highest BCUT2D eigenvalue weighted by Crippen LogP contribution is 2.19. The molecule has 3 heteroatoms. The van der Waals surface area contributed by atoms with Crippen molar-refractivity contribution in [2.75, 3.05) is 0 Å². The van der Waals surface area contributed by atoms with E-state index in [2.05, 4.69) is 0 Å². The van der Waals surface area contributed by atoms with Crippen LogP contribution in [0.1, 0.15) is 36.5 Å². The van der Waals surface area contributed by atoms with Gasteiger partial charge in [0.2, 0.25) is 0 Å². The van der Waals surface area contributed by atoms with E-state index in [9.17, 15) is 9.90 Å². The number of benzene rings is 2. The zero-order valence-electron chi connectivity index (χ0n) is 12.9. The second-order valence-electron chi connectivity index (χ2n) is 5.23. The molecule has 114 valence electrons. The van der Waals surface area contributed by atoms with Crippen LogP contribution in [0.25, 0.3) is 12.2 Å². The van der Waals surface area contributed by atoms with E-state index in [4.69, 9.17) is 4.74 Å². The van der Waals surface area contributed by atoms with E-state index in [0.717, 1.165) is 23.1 Å². The summed E-state index contributed by atoms with van der Waals surface area (Å²) in [6.45, 7) is 3.88. The van der Waals surface area contributed by atoms with Crippen LogP contribution in [0.3, 0.4) is 0 Å². The van der Waals surface area contributed by atoms with Crippen LogP contribution in [0.2, 0.25) is 0 Å². The maximum Gasteiger partial charge on any atom is 0.311 e. The Balaban J connectivity index is 2.04. The van der Waals surface area contributed by atoms with Gasteiger partial charge in [-0.3, -0.25) is 4.79 Å². The normalized spacial score (nSPS) is 10.8. The number of aromatic hydroxyl groups is 1. The molecule has 0 aromatic heterocycles. The highest BCUT2D eigenvalue weighted by Gasteiger charge is 2.02. The van der Waals surface area contributed by atoms with Crippen molar-refractivity contribution in [3.8, 4) is 11.5 Å². The number of aryl methyl sites for hydroxylation is 1. The molecule has 0 aliphatic rings. The minimum Gasteiger partial charge on any atom is -0.508 e. The molecule has 2 aromatic rings. The smallest absolute Gasteiger partial charge is 0.311 e. The van der Waals surface area contributed by atoms with Crippen LogP contribution in [0.15, 0.2) is 42.5 Å². The Morgan fingerprint density at radius 3 is 2.41 bits per heavy atom. The van der Waals surface area contributed by atoms with Crippen LogP contribution in [0.5, 0.6) is 11.5 Å². The van der Waals surface area contributed by atoms with Crippen LogP contribution in [-0.2, 0) is 4.79 Å². The molecule has 0 saturated heterocycles. The summed E-state index contributed by atoms with van der Waals surface area (Å²) in [6, 6.07) is 12.8. The number of phenols is 1. The summed E-state index contributed by atoms with van der Waals surface area (Å²) in [4.78, 5) is 11.4. The maximum absolute atomic E-state index is 11.4. The Morgan fingerprint density at radius 1 is 1.09 bits per heavy atom. The van der Waals surface area contributed by atoms with Crippen molar-refractivity contribution in [2.45, 2.75) is 26.7 Å². The molecule has 0 unspecified atom stereocenters. The van der Waals surface area contributed by atoms with E-state index >= 15 is 0 Å². The molecule has 0 fully saturated rings. The lowest BCUT2D eigenvalue weighted by atomic mass is 10.1. The first kappa shape index (κ1) is 15.8. The largest absolute Gasteiger partial charge is 0.508 e. The quantitative estimate of drug-likeness (QED) is 0.499. The highest BCUT2D eigenvalue weighted by molar-refractivity contribution is 5.73. The molecule has 0 heterocycles. The van der Waals surface area contributed by atoms with Crippen molar-refractivity contribution < 1.29 is 14.6 Å². The Labute approximate surface area is 130 Å². The Bertz CT molecular complexity index is 649. The fraction of sp³-hybridized carbons (Fsp3) is 0.211. The van der Waals surface area contributed by atoms with Gasteiger partial charge in [0.1, 0.15) is 11.5 Å². The van der Waals surface area contributed by atoms with Gasteiger partial charge in [0.15, 0.2) is 0 Å². The average molecular weight is 296 g/mol. The molecule has 0 aliphatic carbocycles. The first-order valence-corrected chi connectivity index (χ1v) is 7.36. The van der Waals surface area contributed by atoms with Crippen molar-refractivity contribution in [2.24, 2.45) is 0 Å². The lowest BCUT2D eigenvalue weighted by Gasteiger charge is -2.03. The summed E-state index contributed by atoms with van der Waals surface area (Å²) in [5, 5.41) is 9.57. The lowest BCUT2D eigenvalue weighted by molar-refractivity contribution is -0.134. The number of hydrogen-bond acceptors (Lipinski definition) is 3. The van der Waals surface area contributed by atoms with E-state index in [1.807, 2.05) is 44.2 Å². The molecule has 0 spiro atoms. The third-order valence-electron chi connectivity index (χ3n) is 3.12. The fourth-order valence-electron chi connectivity index (χ4n) is 2.11. The molecule has 0 amide bonds. The second kappa shape index (κ2) is 7.46. The number of rotatable bonds is 5. The molecule has 22 heavy (non-hydrogen) atoms. The SMILES string of the molecule is CCCC(=O)Oc1ccc(/C=C/c2cc(C)cc(O)c2)cc1. The van der Waals surface area contributed by atoms with E-state index < -0.39 is 0 Å². The lowest BCUT2D eigenvalue weighted by Crippen LogP contribution is -2.06. The molecule has 0 aliphatic heterocycles. The molecular weight excluding hydrogens is 276 g/mol. The molecule has 3 nitrogen and oxygen atoms in total. The Morgan fingerprint density at radius 2 is 1.77 bits per heavy atom. The van der Waals surface area contributed by atoms with Crippen LogP contribution >= 0.6 is 0 Å². The van der Waals surface area contributed by atoms with Gasteiger partial charge in [-0.05, 0) is 54.3 Å². The van der Waals surface area contributed by atoms with Crippen molar-refractivity contribution in [1.29, 1.82) is 0 Å². The van der Waals surface area contributed by atoms with Crippen LogP contribution in [0.4, 0.5) is 0 Å². The third-order valence-corrected chi connectivity index (χ3v) is 3.12. The summed E-state index contributed by atoms with van der Waals surface area (Å²) < 4.78 is 5.21. The van der Waals surface area contributed by atoms with Gasteiger partial charge in [0, 0.05) is 6.42 Å².